The minimum Gasteiger partial charge on any atom is -0.493 e. The zero-order valence-corrected chi connectivity index (χ0v) is 11.3. The number of rotatable bonds is 9. The highest BCUT2D eigenvalue weighted by atomic mass is 17.2. The molecule has 1 rings (SSSR count). The van der Waals surface area contributed by atoms with Crippen LogP contribution in [0.15, 0.2) is 24.3 Å². The Hall–Kier alpha value is -1.59. The van der Waals surface area contributed by atoms with Gasteiger partial charge in [-0.05, 0) is 25.5 Å². The van der Waals surface area contributed by atoms with Crippen LogP contribution in [0.25, 0.3) is 0 Å². The van der Waals surface area contributed by atoms with E-state index in [2.05, 4.69) is 9.78 Å². The first-order valence-electron chi connectivity index (χ1n) is 6.28. The van der Waals surface area contributed by atoms with Crippen molar-refractivity contribution in [3.63, 3.8) is 0 Å². The molecule has 0 aliphatic carbocycles. The largest absolute Gasteiger partial charge is 0.493 e. The lowest BCUT2D eigenvalue weighted by molar-refractivity contribution is -0.218. The van der Waals surface area contributed by atoms with Gasteiger partial charge in [0.2, 0.25) is 0 Å². The first-order chi connectivity index (χ1) is 9.29. The SMILES string of the molecule is CCCOC[CH]OOC(=O)c1ccccc1OCC. The molecule has 19 heavy (non-hydrogen) atoms. The molecule has 0 saturated carbocycles. The van der Waals surface area contributed by atoms with E-state index in [1.807, 2.05) is 13.8 Å². The molecule has 0 N–H and O–H groups in total. The van der Waals surface area contributed by atoms with E-state index < -0.39 is 5.97 Å². The van der Waals surface area contributed by atoms with E-state index in [0.29, 0.717) is 24.5 Å². The van der Waals surface area contributed by atoms with Gasteiger partial charge in [0.05, 0.1) is 13.2 Å². The molecule has 0 spiro atoms. The predicted octanol–water partition coefficient (Wildman–Crippen LogP) is 2.76. The molecule has 0 saturated heterocycles. The lowest BCUT2D eigenvalue weighted by atomic mass is 10.2. The number of hydrogen-bond donors (Lipinski definition) is 0. The van der Waals surface area contributed by atoms with Crippen molar-refractivity contribution in [3.05, 3.63) is 36.4 Å². The van der Waals surface area contributed by atoms with Gasteiger partial charge < -0.3 is 9.47 Å². The predicted molar refractivity (Wildman–Crippen MR) is 69.5 cm³/mol. The third-order valence-corrected chi connectivity index (χ3v) is 2.13. The number of ether oxygens (including phenoxy) is 2. The number of carbonyl (C=O) groups is 1. The summed E-state index contributed by atoms with van der Waals surface area (Å²) in [6, 6.07) is 6.83. The number of para-hydroxylation sites is 1. The third-order valence-electron chi connectivity index (χ3n) is 2.13. The third kappa shape index (κ3) is 5.72. The van der Waals surface area contributed by atoms with Gasteiger partial charge >= 0.3 is 5.97 Å². The van der Waals surface area contributed by atoms with Crippen molar-refractivity contribution in [1.82, 2.24) is 0 Å². The van der Waals surface area contributed by atoms with Crippen LogP contribution in [0.3, 0.4) is 0 Å². The van der Waals surface area contributed by atoms with Crippen molar-refractivity contribution in [1.29, 1.82) is 0 Å². The summed E-state index contributed by atoms with van der Waals surface area (Å²) >= 11 is 0. The standard InChI is InChI=1S/C14H19O5/c1-3-9-16-10-11-18-19-14(15)12-7-5-6-8-13(12)17-4-2/h5-8,11H,3-4,9-10H2,1-2H3. The topological polar surface area (TPSA) is 54.0 Å². The van der Waals surface area contributed by atoms with Crippen LogP contribution in [-0.2, 0) is 14.5 Å². The Morgan fingerprint density at radius 3 is 2.79 bits per heavy atom. The molecule has 0 amide bonds. The average Bonchev–Trinajstić information content (AvgIpc) is 2.43. The van der Waals surface area contributed by atoms with E-state index in [0.717, 1.165) is 6.42 Å². The van der Waals surface area contributed by atoms with Gasteiger partial charge in [-0.15, -0.1) is 0 Å². The zero-order chi connectivity index (χ0) is 13.9. The van der Waals surface area contributed by atoms with Gasteiger partial charge in [0.1, 0.15) is 11.3 Å². The smallest absolute Gasteiger partial charge is 0.376 e. The Balaban J connectivity index is 2.36. The first kappa shape index (κ1) is 15.5. The fourth-order valence-electron chi connectivity index (χ4n) is 1.34. The number of carbonyl (C=O) groups excluding carboxylic acids is 1. The fourth-order valence-corrected chi connectivity index (χ4v) is 1.34. The summed E-state index contributed by atoms with van der Waals surface area (Å²) in [7, 11) is 0. The Kier molecular flexibility index (Phi) is 7.62. The molecule has 5 heteroatoms. The highest BCUT2D eigenvalue weighted by molar-refractivity contribution is 5.92. The van der Waals surface area contributed by atoms with Crippen LogP contribution in [0.2, 0.25) is 0 Å². The van der Waals surface area contributed by atoms with Gasteiger partial charge in [-0.3, -0.25) is 4.89 Å². The lowest BCUT2D eigenvalue weighted by Gasteiger charge is -2.08. The zero-order valence-electron chi connectivity index (χ0n) is 11.3. The van der Waals surface area contributed by atoms with E-state index in [9.17, 15) is 4.79 Å². The van der Waals surface area contributed by atoms with Crippen LogP contribution in [0.1, 0.15) is 30.6 Å². The van der Waals surface area contributed by atoms with Crippen LogP contribution in [0, 0.1) is 6.61 Å². The summed E-state index contributed by atoms with van der Waals surface area (Å²) in [5, 5.41) is 0. The molecule has 5 nitrogen and oxygen atoms in total. The van der Waals surface area contributed by atoms with E-state index in [-0.39, 0.29) is 6.61 Å². The molecular formula is C14H19O5. The van der Waals surface area contributed by atoms with Crippen LogP contribution in [0.5, 0.6) is 5.75 Å². The molecule has 0 aliphatic rings. The lowest BCUT2D eigenvalue weighted by Crippen LogP contribution is -2.09. The van der Waals surface area contributed by atoms with Crippen LogP contribution < -0.4 is 4.74 Å². The molecule has 0 bridgehead atoms. The highest BCUT2D eigenvalue weighted by Crippen LogP contribution is 2.18. The normalized spacial score (nSPS) is 10.2. The molecule has 0 aromatic heterocycles. The van der Waals surface area contributed by atoms with E-state index >= 15 is 0 Å². The van der Waals surface area contributed by atoms with Crippen molar-refractivity contribution in [3.8, 4) is 5.75 Å². The number of hydrogen-bond acceptors (Lipinski definition) is 5. The Labute approximate surface area is 113 Å². The molecule has 0 aliphatic heterocycles. The van der Waals surface area contributed by atoms with Gasteiger partial charge in [0, 0.05) is 6.61 Å². The van der Waals surface area contributed by atoms with Gasteiger partial charge in [-0.25, -0.2) is 4.79 Å². The second kappa shape index (κ2) is 9.35. The van der Waals surface area contributed by atoms with Crippen LogP contribution >= 0.6 is 0 Å². The monoisotopic (exact) mass is 267 g/mol. The molecule has 0 fully saturated rings. The van der Waals surface area contributed by atoms with Crippen molar-refractivity contribution in [2.75, 3.05) is 19.8 Å². The van der Waals surface area contributed by atoms with Gasteiger partial charge in [-0.2, -0.15) is 4.89 Å². The Morgan fingerprint density at radius 2 is 2.05 bits per heavy atom. The molecule has 0 unspecified atom stereocenters. The number of benzene rings is 1. The summed E-state index contributed by atoms with van der Waals surface area (Å²) in [4.78, 5) is 21.1. The molecule has 1 aromatic rings. The maximum atomic E-state index is 11.7. The van der Waals surface area contributed by atoms with Crippen LogP contribution in [0.4, 0.5) is 0 Å². The van der Waals surface area contributed by atoms with Crippen molar-refractivity contribution in [2.45, 2.75) is 20.3 Å². The summed E-state index contributed by atoms with van der Waals surface area (Å²) < 4.78 is 10.5. The van der Waals surface area contributed by atoms with E-state index in [1.54, 1.807) is 24.3 Å². The molecule has 1 radical (unpaired) electrons. The molecule has 1 aromatic carbocycles. The second-order valence-corrected chi connectivity index (χ2v) is 3.64. The summed E-state index contributed by atoms with van der Waals surface area (Å²) in [6.07, 6.45) is 0.926. The minimum absolute atomic E-state index is 0.272. The second-order valence-electron chi connectivity index (χ2n) is 3.64. The maximum Gasteiger partial charge on any atom is 0.376 e. The molecule has 105 valence electrons. The van der Waals surface area contributed by atoms with Gasteiger partial charge in [0.25, 0.3) is 0 Å². The van der Waals surface area contributed by atoms with Crippen LogP contribution in [-0.4, -0.2) is 25.8 Å². The van der Waals surface area contributed by atoms with Gasteiger partial charge in [-0.1, -0.05) is 19.1 Å². The van der Waals surface area contributed by atoms with Crippen molar-refractivity contribution < 1.29 is 24.0 Å². The summed E-state index contributed by atoms with van der Waals surface area (Å²) in [5.41, 5.74) is 0.326. The summed E-state index contributed by atoms with van der Waals surface area (Å²) in [5.74, 6) is -0.128. The molecule has 0 atom stereocenters. The first-order valence-corrected chi connectivity index (χ1v) is 6.28. The molecular weight excluding hydrogens is 248 g/mol. The van der Waals surface area contributed by atoms with Crippen molar-refractivity contribution >= 4 is 5.97 Å². The van der Waals surface area contributed by atoms with E-state index in [4.69, 9.17) is 9.47 Å². The molecule has 0 heterocycles. The highest BCUT2D eigenvalue weighted by Gasteiger charge is 2.14. The summed E-state index contributed by atoms with van der Waals surface area (Å²) in [6.45, 7) is 6.52. The van der Waals surface area contributed by atoms with E-state index in [1.165, 1.54) is 6.61 Å². The fraction of sp³-hybridized carbons (Fsp3) is 0.429. The van der Waals surface area contributed by atoms with Crippen molar-refractivity contribution in [2.24, 2.45) is 0 Å². The Bertz CT molecular complexity index is 378. The minimum atomic E-state index is -0.601. The quantitative estimate of drug-likeness (QED) is 0.391. The average molecular weight is 267 g/mol. The Morgan fingerprint density at radius 1 is 1.26 bits per heavy atom. The van der Waals surface area contributed by atoms with Gasteiger partial charge in [0.15, 0.2) is 6.61 Å². The maximum absolute atomic E-state index is 11.7.